The second kappa shape index (κ2) is 7.86. The van der Waals surface area contributed by atoms with Gasteiger partial charge in [0.1, 0.15) is 17.1 Å². The summed E-state index contributed by atoms with van der Waals surface area (Å²) in [5.74, 6) is -1.58. The van der Waals surface area contributed by atoms with Crippen molar-refractivity contribution in [3.8, 4) is 11.5 Å². The minimum atomic E-state index is -1.18. The van der Waals surface area contributed by atoms with Gasteiger partial charge in [-0.25, -0.2) is 4.79 Å². The molecule has 3 N–H and O–H groups in total. The quantitative estimate of drug-likeness (QED) is 0.667. The molecule has 0 radical (unpaired) electrons. The van der Waals surface area contributed by atoms with Crippen LogP contribution in [0.15, 0.2) is 23.3 Å². The van der Waals surface area contributed by atoms with Crippen LogP contribution < -0.4 is 0 Å². The lowest BCUT2D eigenvalue weighted by Gasteiger charge is -2.15. The zero-order valence-electron chi connectivity index (χ0n) is 14.5. The molecule has 0 spiro atoms. The molecule has 0 saturated heterocycles. The average Bonchev–Trinajstić information content (AvgIpc) is 2.46. The van der Waals surface area contributed by atoms with Crippen LogP contribution in [-0.4, -0.2) is 21.3 Å². The van der Waals surface area contributed by atoms with Gasteiger partial charge >= 0.3 is 5.97 Å². The number of carboxylic acid groups (broad SMARTS) is 1. The van der Waals surface area contributed by atoms with E-state index in [1.807, 2.05) is 13.0 Å². The van der Waals surface area contributed by atoms with Crippen molar-refractivity contribution in [3.05, 3.63) is 45.6 Å². The summed E-state index contributed by atoms with van der Waals surface area (Å²) in [6, 6.07) is 0. The van der Waals surface area contributed by atoms with Gasteiger partial charge in [-0.1, -0.05) is 23.3 Å². The maximum atomic E-state index is 11.5. The smallest absolute Gasteiger partial charge is 0.339 e. The second-order valence-corrected chi connectivity index (χ2v) is 6.18. The first-order valence-corrected chi connectivity index (χ1v) is 7.73. The van der Waals surface area contributed by atoms with E-state index in [0.717, 1.165) is 18.4 Å². The van der Waals surface area contributed by atoms with Crippen molar-refractivity contribution in [2.45, 2.75) is 53.9 Å². The highest BCUT2D eigenvalue weighted by Crippen LogP contribution is 2.37. The van der Waals surface area contributed by atoms with E-state index in [9.17, 15) is 20.1 Å². The Balaban J connectivity index is 3.13. The molecule has 1 aromatic rings. The van der Waals surface area contributed by atoms with Crippen molar-refractivity contribution in [1.82, 2.24) is 0 Å². The van der Waals surface area contributed by atoms with Gasteiger partial charge < -0.3 is 15.3 Å². The molecule has 0 atom stereocenters. The highest BCUT2D eigenvalue weighted by molar-refractivity contribution is 5.94. The van der Waals surface area contributed by atoms with Crippen molar-refractivity contribution >= 4 is 5.97 Å². The molecule has 23 heavy (non-hydrogen) atoms. The van der Waals surface area contributed by atoms with Crippen molar-refractivity contribution < 1.29 is 20.1 Å². The number of carboxylic acids is 1. The maximum absolute atomic E-state index is 11.5. The van der Waals surface area contributed by atoms with Crippen LogP contribution in [-0.2, 0) is 6.42 Å². The SMILES string of the molecule is CC(C)=CCC/C(C)=C/Cc1c(C)c(O)c(C)c(O)c1C(=O)O. The van der Waals surface area contributed by atoms with Crippen LogP contribution in [0.4, 0.5) is 0 Å². The average molecular weight is 318 g/mol. The largest absolute Gasteiger partial charge is 0.507 e. The molecule has 0 aromatic heterocycles. The Kier molecular flexibility index (Phi) is 6.43. The minimum Gasteiger partial charge on any atom is -0.507 e. The summed E-state index contributed by atoms with van der Waals surface area (Å²) >= 11 is 0. The molecule has 0 unspecified atom stereocenters. The van der Waals surface area contributed by atoms with Crippen LogP contribution in [0, 0.1) is 13.8 Å². The van der Waals surface area contributed by atoms with Crippen LogP contribution in [0.25, 0.3) is 0 Å². The number of rotatable bonds is 6. The molecule has 126 valence electrons. The first kappa shape index (κ1) is 18.8. The van der Waals surface area contributed by atoms with Crippen molar-refractivity contribution in [1.29, 1.82) is 0 Å². The van der Waals surface area contributed by atoms with E-state index in [4.69, 9.17) is 0 Å². The summed E-state index contributed by atoms with van der Waals surface area (Å²) in [4.78, 5) is 11.5. The first-order valence-electron chi connectivity index (χ1n) is 7.73. The van der Waals surface area contributed by atoms with Gasteiger partial charge in [-0.3, -0.25) is 0 Å². The fourth-order valence-electron chi connectivity index (χ4n) is 2.51. The molecule has 0 fully saturated rings. The fraction of sp³-hybridized carbons (Fsp3) is 0.421. The third kappa shape index (κ3) is 4.62. The standard InChI is InChI=1S/C19H26O4/c1-11(2)7-6-8-12(3)9-10-15-13(4)17(20)14(5)18(21)16(15)19(22)23/h7,9,20-21H,6,8,10H2,1-5H3,(H,22,23)/b12-9+. The summed E-state index contributed by atoms with van der Waals surface area (Å²) < 4.78 is 0. The van der Waals surface area contributed by atoms with Gasteiger partial charge in [-0.15, -0.1) is 0 Å². The summed E-state index contributed by atoms with van der Waals surface area (Å²) in [5.41, 5.74) is 3.47. The number of aromatic carboxylic acids is 1. The lowest BCUT2D eigenvalue weighted by atomic mass is 9.93. The van der Waals surface area contributed by atoms with E-state index < -0.39 is 5.97 Å². The molecule has 0 aliphatic carbocycles. The van der Waals surface area contributed by atoms with Crippen LogP contribution in [0.2, 0.25) is 0 Å². The van der Waals surface area contributed by atoms with Crippen molar-refractivity contribution in [3.63, 3.8) is 0 Å². The molecule has 0 bridgehead atoms. The van der Waals surface area contributed by atoms with E-state index in [-0.39, 0.29) is 22.6 Å². The Morgan fingerprint density at radius 2 is 1.61 bits per heavy atom. The van der Waals surface area contributed by atoms with Crippen LogP contribution in [0.5, 0.6) is 11.5 Å². The predicted octanol–water partition coefficient (Wildman–Crippen LogP) is 4.65. The van der Waals surface area contributed by atoms with Gasteiger partial charge in [0, 0.05) is 5.56 Å². The van der Waals surface area contributed by atoms with E-state index in [2.05, 4.69) is 19.9 Å². The van der Waals surface area contributed by atoms with Crippen molar-refractivity contribution in [2.24, 2.45) is 0 Å². The lowest BCUT2D eigenvalue weighted by Crippen LogP contribution is -2.06. The summed E-state index contributed by atoms with van der Waals surface area (Å²) in [6.45, 7) is 9.30. The third-order valence-corrected chi connectivity index (χ3v) is 4.02. The minimum absolute atomic E-state index is 0.0434. The summed E-state index contributed by atoms with van der Waals surface area (Å²) in [5, 5.41) is 29.5. The zero-order valence-corrected chi connectivity index (χ0v) is 14.5. The molecular weight excluding hydrogens is 292 g/mol. The molecule has 1 rings (SSSR count). The molecule has 0 heterocycles. The van der Waals surface area contributed by atoms with Crippen LogP contribution in [0.3, 0.4) is 0 Å². The van der Waals surface area contributed by atoms with Gasteiger partial charge in [0.05, 0.1) is 0 Å². The van der Waals surface area contributed by atoms with E-state index >= 15 is 0 Å². The number of hydrogen-bond acceptors (Lipinski definition) is 3. The number of hydrogen-bond donors (Lipinski definition) is 3. The maximum Gasteiger partial charge on any atom is 0.339 e. The fourth-order valence-corrected chi connectivity index (χ4v) is 2.51. The van der Waals surface area contributed by atoms with E-state index in [0.29, 0.717) is 17.5 Å². The molecule has 0 saturated carbocycles. The topological polar surface area (TPSA) is 77.8 Å². The third-order valence-electron chi connectivity index (χ3n) is 4.02. The number of phenols is 2. The summed E-state index contributed by atoms with van der Waals surface area (Å²) in [7, 11) is 0. The molecule has 4 nitrogen and oxygen atoms in total. The van der Waals surface area contributed by atoms with E-state index in [1.165, 1.54) is 12.5 Å². The molecule has 4 heteroatoms. The predicted molar refractivity (Wildman–Crippen MR) is 92.3 cm³/mol. The number of allylic oxidation sites excluding steroid dienone is 4. The Labute approximate surface area is 137 Å². The van der Waals surface area contributed by atoms with Crippen LogP contribution in [0.1, 0.15) is 60.7 Å². The van der Waals surface area contributed by atoms with Gasteiger partial charge in [0.25, 0.3) is 0 Å². The Morgan fingerprint density at radius 1 is 1.00 bits per heavy atom. The van der Waals surface area contributed by atoms with Gasteiger partial charge in [0.15, 0.2) is 0 Å². The highest BCUT2D eigenvalue weighted by atomic mass is 16.4. The number of benzene rings is 1. The normalized spacial score (nSPS) is 11.4. The van der Waals surface area contributed by atoms with Crippen LogP contribution >= 0.6 is 0 Å². The zero-order chi connectivity index (χ0) is 17.7. The number of aromatic hydroxyl groups is 2. The van der Waals surface area contributed by atoms with Gasteiger partial charge in [-0.05, 0) is 65.0 Å². The summed E-state index contributed by atoms with van der Waals surface area (Å²) in [6.07, 6.45) is 6.34. The first-order chi connectivity index (χ1) is 10.7. The molecular formula is C19H26O4. The second-order valence-electron chi connectivity index (χ2n) is 6.18. The Bertz CT molecular complexity index is 663. The Hall–Kier alpha value is -2.23. The van der Waals surface area contributed by atoms with Gasteiger partial charge in [0.2, 0.25) is 0 Å². The highest BCUT2D eigenvalue weighted by Gasteiger charge is 2.22. The molecule has 0 aliphatic heterocycles. The molecule has 0 aliphatic rings. The number of phenolic OH excluding ortho intramolecular Hbond substituents is 1. The molecule has 1 aromatic carbocycles. The monoisotopic (exact) mass is 318 g/mol. The van der Waals surface area contributed by atoms with Crippen molar-refractivity contribution in [2.75, 3.05) is 0 Å². The van der Waals surface area contributed by atoms with Gasteiger partial charge in [-0.2, -0.15) is 0 Å². The molecule has 0 amide bonds. The number of carbonyl (C=O) groups is 1. The van der Waals surface area contributed by atoms with E-state index in [1.54, 1.807) is 6.92 Å². The lowest BCUT2D eigenvalue weighted by molar-refractivity contribution is 0.0692. The Morgan fingerprint density at radius 3 is 2.13 bits per heavy atom.